The number of nitrogens with one attached hydrogen (secondary N) is 1. The number of ether oxygens (including phenoxy) is 1. The van der Waals surface area contributed by atoms with Gasteiger partial charge in [-0.3, -0.25) is 9.78 Å². The van der Waals surface area contributed by atoms with E-state index in [9.17, 15) is 9.59 Å². The topological polar surface area (TPSA) is 197 Å². The highest BCUT2D eigenvalue weighted by Gasteiger charge is 2.21. The molecule has 0 saturated carbocycles. The molecule has 12 heteroatoms. The van der Waals surface area contributed by atoms with E-state index in [0.717, 1.165) is 31.6 Å². The van der Waals surface area contributed by atoms with Crippen LogP contribution >= 0.6 is 0 Å². The molecule has 34 heavy (non-hydrogen) atoms. The van der Waals surface area contributed by atoms with Gasteiger partial charge >= 0.3 is 5.97 Å². The number of aromatic nitrogens is 4. The summed E-state index contributed by atoms with van der Waals surface area (Å²) in [4.78, 5) is 30.4. The Morgan fingerprint density at radius 1 is 1.21 bits per heavy atom. The molecule has 1 aromatic carbocycles. The van der Waals surface area contributed by atoms with Crippen molar-refractivity contribution in [3.05, 3.63) is 52.1 Å². The molecule has 0 radical (unpaired) electrons. The number of nitrogens with zero attached hydrogens (tertiary/aromatic N) is 3. The van der Waals surface area contributed by atoms with E-state index >= 15 is 0 Å². The zero-order valence-corrected chi connectivity index (χ0v) is 17.8. The molecule has 2 aromatic heterocycles. The van der Waals surface area contributed by atoms with E-state index in [1.807, 2.05) is 12.1 Å². The van der Waals surface area contributed by atoms with Gasteiger partial charge in [0.25, 0.3) is 5.56 Å². The van der Waals surface area contributed by atoms with Gasteiger partial charge in [-0.15, -0.1) is 0 Å². The van der Waals surface area contributed by atoms with E-state index in [4.69, 9.17) is 30.9 Å². The molecular weight excluding hydrogens is 446 g/mol. The monoisotopic (exact) mass is 477 g/mol. The van der Waals surface area contributed by atoms with E-state index in [1.54, 1.807) is 6.07 Å². The number of aliphatic hydroxyl groups is 3. The largest absolute Gasteiger partial charge is 0.478 e. The smallest absolute Gasteiger partial charge is 0.338 e. The predicted molar refractivity (Wildman–Crippen MR) is 124 cm³/mol. The van der Waals surface area contributed by atoms with Crippen LogP contribution in [0.15, 0.2) is 35.4 Å². The summed E-state index contributed by atoms with van der Waals surface area (Å²) < 4.78 is 6.65. The fraction of sp³-hybridized carbons (Fsp3) is 0.455. The zero-order chi connectivity index (χ0) is 24.0. The lowest BCUT2D eigenvalue weighted by Crippen LogP contribution is -2.50. The number of H-pyrrole nitrogens is 1. The van der Waals surface area contributed by atoms with Crippen molar-refractivity contribution in [2.24, 2.45) is 5.73 Å². The highest BCUT2D eigenvalue weighted by atomic mass is 16.5. The minimum absolute atomic E-state index is 0. The summed E-state index contributed by atoms with van der Waals surface area (Å²) in [5, 5.41) is 38.5. The van der Waals surface area contributed by atoms with E-state index in [-0.39, 0.29) is 24.5 Å². The highest BCUT2D eigenvalue weighted by molar-refractivity contribution is 5.87. The van der Waals surface area contributed by atoms with Crippen molar-refractivity contribution in [3.8, 4) is 5.95 Å². The van der Waals surface area contributed by atoms with Gasteiger partial charge in [-0.2, -0.15) is 5.10 Å². The van der Waals surface area contributed by atoms with Crippen LogP contribution in [0.25, 0.3) is 16.9 Å². The molecule has 1 saturated heterocycles. The van der Waals surface area contributed by atoms with Crippen molar-refractivity contribution >= 4 is 16.9 Å². The third-order valence-corrected chi connectivity index (χ3v) is 5.40. The summed E-state index contributed by atoms with van der Waals surface area (Å²) in [6, 6.07) is 5.67. The molecule has 0 aliphatic carbocycles. The van der Waals surface area contributed by atoms with Gasteiger partial charge in [0.15, 0.2) is 0 Å². The Hall–Kier alpha value is -3.16. The van der Waals surface area contributed by atoms with Crippen LogP contribution < -0.4 is 11.3 Å². The summed E-state index contributed by atoms with van der Waals surface area (Å²) in [5.74, 6) is -0.503. The minimum Gasteiger partial charge on any atom is -0.478 e. The lowest BCUT2D eigenvalue weighted by atomic mass is 9.91. The lowest BCUT2D eigenvalue weighted by Gasteiger charge is -2.22. The van der Waals surface area contributed by atoms with Gasteiger partial charge in [0.1, 0.15) is 0 Å². The van der Waals surface area contributed by atoms with Crippen LogP contribution in [0, 0.1) is 0 Å². The first-order valence-electron chi connectivity index (χ1n) is 10.3. The molecule has 3 aromatic rings. The Morgan fingerprint density at radius 2 is 1.85 bits per heavy atom. The number of carboxylic acid groups (broad SMARTS) is 1. The molecule has 0 atom stereocenters. The van der Waals surface area contributed by atoms with E-state index < -0.39 is 31.3 Å². The van der Waals surface area contributed by atoms with Crippen molar-refractivity contribution in [1.82, 2.24) is 19.7 Å². The molecule has 1 aliphatic heterocycles. The van der Waals surface area contributed by atoms with Crippen molar-refractivity contribution in [2.75, 3.05) is 33.0 Å². The van der Waals surface area contributed by atoms with Gasteiger partial charge in [0.2, 0.25) is 5.95 Å². The molecule has 1 fully saturated rings. The number of aromatic carboxylic acids is 1. The van der Waals surface area contributed by atoms with Crippen molar-refractivity contribution in [1.29, 1.82) is 0 Å². The Morgan fingerprint density at radius 3 is 2.38 bits per heavy atom. The van der Waals surface area contributed by atoms with E-state index in [1.165, 1.54) is 17.1 Å². The van der Waals surface area contributed by atoms with Crippen LogP contribution in [0.4, 0.5) is 0 Å². The second-order valence-electron chi connectivity index (χ2n) is 7.87. The fourth-order valence-corrected chi connectivity index (χ4v) is 3.24. The number of nitrogens with two attached hydrogens (primary N) is 1. The Balaban J connectivity index is 0.000000394. The first kappa shape index (κ1) is 27.1. The van der Waals surface area contributed by atoms with Crippen molar-refractivity contribution < 1.29 is 30.0 Å². The summed E-state index contributed by atoms with van der Waals surface area (Å²) in [6.45, 7) is 0.268. The second kappa shape index (κ2) is 11.8. The number of fused-ring (bicyclic) bond motifs is 1. The summed E-state index contributed by atoms with van der Waals surface area (Å²) in [5.41, 5.74) is 5.37. The maximum atomic E-state index is 12.3. The maximum absolute atomic E-state index is 12.3. The van der Waals surface area contributed by atoms with Crippen LogP contribution in [-0.2, 0) is 4.74 Å². The number of carbonyl (C=O) groups is 1. The molecule has 0 spiro atoms. The maximum Gasteiger partial charge on any atom is 0.338 e. The summed E-state index contributed by atoms with van der Waals surface area (Å²) in [6.07, 6.45) is 4.42. The Labute approximate surface area is 195 Å². The number of aliphatic hydroxyl groups excluding tert-OH is 3. The average Bonchev–Trinajstić information content (AvgIpc) is 3.35. The quantitative estimate of drug-likeness (QED) is 0.281. The first-order chi connectivity index (χ1) is 15.8. The van der Waals surface area contributed by atoms with Crippen LogP contribution in [0.1, 0.15) is 42.1 Å². The Kier molecular flexibility index (Phi) is 9.41. The number of aromatic amines is 1. The molecule has 7 N–H and O–H groups in total. The number of carboxylic acids is 1. The molecule has 186 valence electrons. The SMILES string of the molecule is C.NC(CO)(CO)CO.O=C(O)c1cnn(-c2nc3cc(C4CCOCC4)ccc3c(=O)[nH]2)c1. The van der Waals surface area contributed by atoms with Crippen LogP contribution in [-0.4, -0.2) is 84.7 Å². The van der Waals surface area contributed by atoms with Crippen molar-refractivity contribution in [3.63, 3.8) is 0 Å². The second-order valence-corrected chi connectivity index (χ2v) is 7.87. The minimum atomic E-state index is -1.21. The van der Waals surface area contributed by atoms with Gasteiger partial charge in [0.05, 0.1) is 48.0 Å². The third-order valence-electron chi connectivity index (χ3n) is 5.40. The number of benzene rings is 1. The fourth-order valence-electron chi connectivity index (χ4n) is 3.24. The number of hydrogen-bond donors (Lipinski definition) is 6. The van der Waals surface area contributed by atoms with Gasteiger partial charge in [-0.05, 0) is 36.5 Å². The van der Waals surface area contributed by atoms with Crippen LogP contribution in [0.2, 0.25) is 0 Å². The van der Waals surface area contributed by atoms with Gasteiger partial charge in [-0.1, -0.05) is 13.5 Å². The molecule has 3 heterocycles. The predicted octanol–water partition coefficient (Wildman–Crippen LogP) is -0.00210. The van der Waals surface area contributed by atoms with Gasteiger partial charge < -0.3 is 30.9 Å². The number of rotatable bonds is 6. The van der Waals surface area contributed by atoms with E-state index in [0.29, 0.717) is 16.8 Å². The van der Waals surface area contributed by atoms with Crippen LogP contribution in [0.3, 0.4) is 0 Å². The van der Waals surface area contributed by atoms with Gasteiger partial charge in [0, 0.05) is 19.4 Å². The van der Waals surface area contributed by atoms with E-state index in [2.05, 4.69) is 15.1 Å². The average molecular weight is 478 g/mol. The molecule has 0 unspecified atom stereocenters. The van der Waals surface area contributed by atoms with Gasteiger partial charge in [-0.25, -0.2) is 14.5 Å². The third kappa shape index (κ3) is 6.24. The zero-order valence-electron chi connectivity index (χ0n) is 17.8. The first-order valence-corrected chi connectivity index (χ1v) is 10.3. The normalized spacial score (nSPS) is 14.2. The molecule has 1 aliphatic rings. The molecule has 0 amide bonds. The molecule has 4 rings (SSSR count). The standard InChI is InChI=1S/C17H16N4O4.C4H11NO3.CH4/c22-15-13-2-1-11(10-3-5-25-6-4-10)7-14(13)19-17(20-15)21-9-12(8-18-21)16(23)24;5-4(1-6,2-7)3-8;/h1-2,7-10H,3-6H2,(H,23,24)(H,19,20,22);6-8H,1-3,5H2;1H4. The van der Waals surface area contributed by atoms with Crippen molar-refractivity contribution in [2.45, 2.75) is 31.7 Å². The summed E-state index contributed by atoms with van der Waals surface area (Å²) >= 11 is 0. The molecular formula is C22H31N5O7. The molecule has 0 bridgehead atoms. The Bertz CT molecular complexity index is 1140. The lowest BCUT2D eigenvalue weighted by molar-refractivity contribution is 0.0692. The number of hydrogen-bond acceptors (Lipinski definition) is 9. The van der Waals surface area contributed by atoms with Crippen LogP contribution in [0.5, 0.6) is 0 Å². The summed E-state index contributed by atoms with van der Waals surface area (Å²) in [7, 11) is 0. The highest BCUT2D eigenvalue weighted by Crippen LogP contribution is 2.28. The molecule has 12 nitrogen and oxygen atoms in total.